The number of hydrogen-bond donors (Lipinski definition) is 0. The van der Waals surface area contributed by atoms with Crippen LogP contribution in [0.1, 0.15) is 5.56 Å². The second-order valence-electron chi connectivity index (χ2n) is 3.87. The van der Waals surface area contributed by atoms with Crippen LogP contribution < -0.4 is 4.90 Å². The average Bonchev–Trinajstić information content (AvgIpc) is 2.30. The van der Waals surface area contributed by atoms with Gasteiger partial charge in [-0.1, -0.05) is 5.92 Å². The second kappa shape index (κ2) is 4.33. The van der Waals surface area contributed by atoms with E-state index in [1.54, 1.807) is 6.20 Å². The van der Waals surface area contributed by atoms with Gasteiger partial charge in [0.25, 0.3) is 0 Å². The summed E-state index contributed by atoms with van der Waals surface area (Å²) in [6.45, 7) is 4.29. The van der Waals surface area contributed by atoms with E-state index < -0.39 is 0 Å². The van der Waals surface area contributed by atoms with Gasteiger partial charge in [0, 0.05) is 37.9 Å². The molecule has 0 unspecified atom stereocenters. The highest BCUT2D eigenvalue weighted by atomic mass is 15.2. The highest BCUT2D eigenvalue weighted by Gasteiger charge is 2.14. The van der Waals surface area contributed by atoms with Crippen LogP contribution in [-0.2, 0) is 0 Å². The second-order valence-corrected chi connectivity index (χ2v) is 3.87. The van der Waals surface area contributed by atoms with E-state index in [1.807, 2.05) is 12.3 Å². The fourth-order valence-corrected chi connectivity index (χ4v) is 1.74. The number of terminal acetylenes is 1. The Bertz CT molecular complexity index is 373. The smallest absolute Gasteiger partial charge is 0.0566 e. The number of likely N-dealkylation sites (N-methyl/N-ethyl adjacent to an activating group) is 1. The summed E-state index contributed by atoms with van der Waals surface area (Å²) in [4.78, 5) is 8.81. The van der Waals surface area contributed by atoms with Crippen LogP contribution in [0.2, 0.25) is 0 Å². The molecule has 78 valence electrons. The van der Waals surface area contributed by atoms with E-state index in [1.165, 1.54) is 0 Å². The molecule has 1 aliphatic heterocycles. The van der Waals surface area contributed by atoms with Gasteiger partial charge in [-0.3, -0.25) is 4.98 Å². The maximum Gasteiger partial charge on any atom is 0.0566 e. The quantitative estimate of drug-likeness (QED) is 0.627. The lowest BCUT2D eigenvalue weighted by molar-refractivity contribution is 0.313. The number of piperazine rings is 1. The fourth-order valence-electron chi connectivity index (χ4n) is 1.74. The minimum atomic E-state index is 0.853. The molecule has 0 radical (unpaired) electrons. The number of hydrogen-bond acceptors (Lipinski definition) is 3. The molecule has 0 atom stereocenters. The molecule has 1 saturated heterocycles. The molecule has 0 N–H and O–H groups in total. The van der Waals surface area contributed by atoms with Crippen molar-refractivity contribution >= 4 is 5.69 Å². The van der Waals surface area contributed by atoms with Crippen LogP contribution in [0.4, 0.5) is 5.69 Å². The number of nitrogens with zero attached hydrogens (tertiary/aromatic N) is 3. The molecular formula is C12H15N3. The molecule has 0 saturated carbocycles. The maximum absolute atomic E-state index is 5.35. The average molecular weight is 201 g/mol. The number of anilines is 1. The van der Waals surface area contributed by atoms with Crippen molar-refractivity contribution in [1.82, 2.24) is 9.88 Å². The topological polar surface area (TPSA) is 19.4 Å². The van der Waals surface area contributed by atoms with Crippen LogP contribution in [-0.4, -0.2) is 43.1 Å². The van der Waals surface area contributed by atoms with Gasteiger partial charge in [0.2, 0.25) is 0 Å². The van der Waals surface area contributed by atoms with Crippen LogP contribution >= 0.6 is 0 Å². The predicted molar refractivity (Wildman–Crippen MR) is 61.9 cm³/mol. The zero-order valence-electron chi connectivity index (χ0n) is 8.98. The number of rotatable bonds is 1. The van der Waals surface area contributed by atoms with Crippen molar-refractivity contribution in [2.24, 2.45) is 0 Å². The first-order valence-electron chi connectivity index (χ1n) is 5.15. The minimum absolute atomic E-state index is 0.853. The Labute approximate surface area is 90.7 Å². The standard InChI is InChI=1S/C12H15N3/c1-3-11-8-12(10-13-9-11)15-6-4-14(2)5-7-15/h1,8-10H,4-7H2,2H3. The lowest BCUT2D eigenvalue weighted by Crippen LogP contribution is -2.44. The zero-order valence-corrected chi connectivity index (χ0v) is 8.98. The van der Waals surface area contributed by atoms with Crippen LogP contribution in [0.15, 0.2) is 18.5 Å². The van der Waals surface area contributed by atoms with Crippen molar-refractivity contribution in [3.8, 4) is 12.3 Å². The van der Waals surface area contributed by atoms with Crippen LogP contribution in [0, 0.1) is 12.3 Å². The van der Waals surface area contributed by atoms with E-state index in [0.717, 1.165) is 37.4 Å². The molecule has 0 aromatic carbocycles. The Kier molecular flexibility index (Phi) is 2.89. The molecule has 1 fully saturated rings. The van der Waals surface area contributed by atoms with E-state index in [0.29, 0.717) is 0 Å². The Balaban J connectivity index is 2.12. The van der Waals surface area contributed by atoms with Gasteiger partial charge in [-0.2, -0.15) is 0 Å². The summed E-state index contributed by atoms with van der Waals surface area (Å²) < 4.78 is 0. The van der Waals surface area contributed by atoms with Crippen molar-refractivity contribution < 1.29 is 0 Å². The van der Waals surface area contributed by atoms with Crippen LogP contribution in [0.3, 0.4) is 0 Å². The summed E-state index contributed by atoms with van der Waals surface area (Å²) in [5.41, 5.74) is 1.99. The highest BCUT2D eigenvalue weighted by Crippen LogP contribution is 2.15. The molecule has 2 rings (SSSR count). The summed E-state index contributed by atoms with van der Waals surface area (Å²) in [5, 5.41) is 0. The third kappa shape index (κ3) is 2.28. The van der Waals surface area contributed by atoms with Crippen molar-refractivity contribution in [2.75, 3.05) is 38.1 Å². The third-order valence-corrected chi connectivity index (χ3v) is 2.76. The molecular weight excluding hydrogens is 186 g/mol. The van der Waals surface area contributed by atoms with Crippen molar-refractivity contribution in [1.29, 1.82) is 0 Å². The van der Waals surface area contributed by atoms with Gasteiger partial charge in [-0.15, -0.1) is 6.42 Å². The van der Waals surface area contributed by atoms with E-state index in [2.05, 4.69) is 27.8 Å². The fraction of sp³-hybridized carbons (Fsp3) is 0.417. The minimum Gasteiger partial charge on any atom is -0.368 e. The van der Waals surface area contributed by atoms with Gasteiger partial charge in [0.05, 0.1) is 11.9 Å². The summed E-state index contributed by atoms with van der Waals surface area (Å²) in [7, 11) is 2.15. The van der Waals surface area contributed by atoms with Crippen molar-refractivity contribution in [2.45, 2.75) is 0 Å². The molecule has 0 amide bonds. The summed E-state index contributed by atoms with van der Waals surface area (Å²) >= 11 is 0. The van der Waals surface area contributed by atoms with Crippen molar-refractivity contribution in [3.63, 3.8) is 0 Å². The summed E-state index contributed by atoms with van der Waals surface area (Å²) in [6, 6.07) is 2.03. The molecule has 3 nitrogen and oxygen atoms in total. The Morgan fingerprint density at radius 2 is 2.00 bits per heavy atom. The first-order chi connectivity index (χ1) is 7.29. The Hall–Kier alpha value is -1.53. The normalized spacial score (nSPS) is 17.5. The molecule has 3 heteroatoms. The van der Waals surface area contributed by atoms with Gasteiger partial charge >= 0.3 is 0 Å². The molecule has 1 aromatic rings. The van der Waals surface area contributed by atoms with Gasteiger partial charge < -0.3 is 9.80 Å². The first kappa shape index (κ1) is 10.0. The molecule has 1 aliphatic rings. The third-order valence-electron chi connectivity index (χ3n) is 2.76. The van der Waals surface area contributed by atoms with E-state index in [4.69, 9.17) is 6.42 Å². The van der Waals surface area contributed by atoms with E-state index >= 15 is 0 Å². The molecule has 1 aromatic heterocycles. The molecule has 0 spiro atoms. The zero-order chi connectivity index (χ0) is 10.7. The van der Waals surface area contributed by atoms with Gasteiger partial charge in [-0.25, -0.2) is 0 Å². The monoisotopic (exact) mass is 201 g/mol. The van der Waals surface area contributed by atoms with Crippen LogP contribution in [0.5, 0.6) is 0 Å². The predicted octanol–water partition coefficient (Wildman–Crippen LogP) is 0.815. The highest BCUT2D eigenvalue weighted by molar-refractivity contribution is 5.49. The summed E-state index contributed by atoms with van der Waals surface area (Å²) in [6.07, 6.45) is 8.96. The van der Waals surface area contributed by atoms with E-state index in [9.17, 15) is 0 Å². The Morgan fingerprint density at radius 3 is 2.67 bits per heavy atom. The lowest BCUT2D eigenvalue weighted by Gasteiger charge is -2.33. The Morgan fingerprint density at radius 1 is 1.27 bits per heavy atom. The number of aromatic nitrogens is 1. The molecule has 0 bridgehead atoms. The molecule has 0 aliphatic carbocycles. The van der Waals surface area contributed by atoms with Gasteiger partial charge in [0.15, 0.2) is 0 Å². The maximum atomic E-state index is 5.35. The van der Waals surface area contributed by atoms with Crippen LogP contribution in [0.25, 0.3) is 0 Å². The van der Waals surface area contributed by atoms with Gasteiger partial charge in [0.1, 0.15) is 0 Å². The molecule has 2 heterocycles. The summed E-state index contributed by atoms with van der Waals surface area (Å²) in [5.74, 6) is 2.62. The van der Waals surface area contributed by atoms with E-state index in [-0.39, 0.29) is 0 Å². The van der Waals surface area contributed by atoms with Crippen molar-refractivity contribution in [3.05, 3.63) is 24.0 Å². The lowest BCUT2D eigenvalue weighted by atomic mass is 10.2. The SMILES string of the molecule is C#Cc1cncc(N2CCN(C)CC2)c1. The molecule has 15 heavy (non-hydrogen) atoms. The first-order valence-corrected chi connectivity index (χ1v) is 5.15. The van der Waals surface area contributed by atoms with Gasteiger partial charge in [-0.05, 0) is 13.1 Å². The number of pyridine rings is 1. The largest absolute Gasteiger partial charge is 0.368 e.